The second kappa shape index (κ2) is 14.4. The van der Waals surface area contributed by atoms with Crippen LogP contribution in [0.5, 0.6) is 11.6 Å². The van der Waals surface area contributed by atoms with Crippen LogP contribution < -0.4 is 14.4 Å². The number of methoxy groups -OCH3 is 1. The maximum atomic E-state index is 16.0. The van der Waals surface area contributed by atoms with Gasteiger partial charge in [0.05, 0.1) is 30.4 Å². The van der Waals surface area contributed by atoms with Gasteiger partial charge in [-0.05, 0) is 95.1 Å². The second-order valence-electron chi connectivity index (χ2n) is 17.9. The zero-order valence-electron chi connectivity index (χ0n) is 34.5. The lowest BCUT2D eigenvalue weighted by molar-refractivity contribution is -0.145. The highest BCUT2D eigenvalue weighted by Crippen LogP contribution is 2.63. The molecular weight excluding hydrogens is 711 g/mol. The van der Waals surface area contributed by atoms with E-state index in [0.29, 0.717) is 17.9 Å². The number of nitrogens with zero attached hydrogens (tertiary/aromatic N) is 3. The molecule has 13 nitrogen and oxygen atoms in total. The Morgan fingerprint density at radius 1 is 1.06 bits per heavy atom. The molecule has 298 valence electrons. The maximum absolute atomic E-state index is 16.0. The van der Waals surface area contributed by atoms with Crippen molar-refractivity contribution in [3.05, 3.63) is 40.2 Å². The third-order valence-electron chi connectivity index (χ3n) is 11.4. The van der Waals surface area contributed by atoms with E-state index in [-0.39, 0.29) is 47.8 Å². The van der Waals surface area contributed by atoms with Gasteiger partial charge in [0.15, 0.2) is 19.7 Å². The Bertz CT molecular complexity index is 1840. The Hall–Kier alpha value is -3.72. The minimum atomic E-state index is -2.96. The number of hydrogen-bond donors (Lipinski definition) is 1. The van der Waals surface area contributed by atoms with Crippen LogP contribution in [0.1, 0.15) is 101 Å². The Morgan fingerprint density at radius 3 is 2.28 bits per heavy atom. The molecule has 1 N–H and O–H groups in total. The van der Waals surface area contributed by atoms with Crippen LogP contribution in [0.3, 0.4) is 0 Å². The summed E-state index contributed by atoms with van der Waals surface area (Å²) in [5.41, 5.74) is -2.42. The summed E-state index contributed by atoms with van der Waals surface area (Å²) in [4.78, 5) is 48.4. The molecular formula is C40H59N3O10Si. The van der Waals surface area contributed by atoms with E-state index in [0.717, 1.165) is 18.5 Å². The molecule has 0 aliphatic heterocycles. The third kappa shape index (κ3) is 6.88. The summed E-state index contributed by atoms with van der Waals surface area (Å²) in [6, 6.07) is 2.74. The third-order valence-corrected chi connectivity index (χ3v) is 15.8. The topological polar surface area (TPSA) is 150 Å². The number of aliphatic hydroxyl groups excluding tert-OH is 1. The van der Waals surface area contributed by atoms with Crippen molar-refractivity contribution in [3.8, 4) is 11.6 Å². The van der Waals surface area contributed by atoms with Gasteiger partial charge in [0.1, 0.15) is 22.7 Å². The van der Waals surface area contributed by atoms with Gasteiger partial charge in [0.2, 0.25) is 11.6 Å². The quantitative estimate of drug-likeness (QED) is 0.0789. The summed E-state index contributed by atoms with van der Waals surface area (Å²) in [5, 5.41) is 16.5. The van der Waals surface area contributed by atoms with E-state index in [9.17, 15) is 9.90 Å². The van der Waals surface area contributed by atoms with Crippen LogP contribution in [0.25, 0.3) is 5.76 Å². The van der Waals surface area contributed by atoms with Gasteiger partial charge in [-0.25, -0.2) is 4.79 Å². The smallest absolute Gasteiger partial charge is 0.507 e. The van der Waals surface area contributed by atoms with Gasteiger partial charge in [-0.2, -0.15) is 0 Å². The van der Waals surface area contributed by atoms with E-state index in [1.807, 2.05) is 78.8 Å². The number of ketones is 2. The molecule has 0 bridgehead atoms. The average Bonchev–Trinajstić information content (AvgIpc) is 3.44. The average molecular weight is 770 g/mol. The largest absolute Gasteiger partial charge is 0.514 e. The molecule has 4 atom stereocenters. The number of ether oxygens (including phenoxy) is 4. The number of hydrogen-bond acceptors (Lipinski definition) is 13. The monoisotopic (exact) mass is 769 g/mol. The molecule has 3 aliphatic carbocycles. The molecule has 54 heavy (non-hydrogen) atoms. The Balaban J connectivity index is 1.86. The summed E-state index contributed by atoms with van der Waals surface area (Å²) >= 11 is 0. The summed E-state index contributed by atoms with van der Waals surface area (Å²) < 4.78 is 36.5. The lowest BCUT2D eigenvalue weighted by atomic mass is 9.51. The molecule has 1 aromatic carbocycles. The molecule has 1 fully saturated rings. The second-order valence-corrected chi connectivity index (χ2v) is 22.6. The first kappa shape index (κ1) is 41.4. The number of aromatic nitrogens is 1. The van der Waals surface area contributed by atoms with Crippen LogP contribution >= 0.6 is 0 Å². The Morgan fingerprint density at radius 2 is 1.72 bits per heavy atom. The van der Waals surface area contributed by atoms with Crippen molar-refractivity contribution in [2.45, 2.75) is 110 Å². The van der Waals surface area contributed by atoms with Gasteiger partial charge in [-0.1, -0.05) is 34.1 Å². The highest BCUT2D eigenvalue weighted by molar-refractivity contribution is 6.74. The maximum Gasteiger partial charge on any atom is 0.514 e. The molecule has 0 saturated heterocycles. The summed E-state index contributed by atoms with van der Waals surface area (Å²) in [6.45, 7) is 17.7. The van der Waals surface area contributed by atoms with Crippen LogP contribution in [0.4, 0.5) is 10.5 Å². The Labute approximate surface area is 320 Å². The molecule has 0 unspecified atom stereocenters. The fourth-order valence-electron chi connectivity index (χ4n) is 8.02. The number of benzene rings is 1. The van der Waals surface area contributed by atoms with Crippen LogP contribution in [-0.2, 0) is 25.1 Å². The number of carbonyl (C=O) groups excluding carboxylic acids is 3. The van der Waals surface area contributed by atoms with Gasteiger partial charge < -0.3 is 37.9 Å². The van der Waals surface area contributed by atoms with Crippen molar-refractivity contribution in [2.24, 2.45) is 11.3 Å². The zero-order valence-corrected chi connectivity index (χ0v) is 35.5. The van der Waals surface area contributed by atoms with Crippen LogP contribution in [-0.4, -0.2) is 101 Å². The minimum absolute atomic E-state index is 0.00374. The molecule has 1 aromatic heterocycles. The van der Waals surface area contributed by atoms with E-state index in [4.69, 9.17) is 27.9 Å². The summed E-state index contributed by atoms with van der Waals surface area (Å²) in [5.74, 6) is -2.11. The van der Waals surface area contributed by atoms with Crippen molar-refractivity contribution < 1.29 is 47.4 Å². The van der Waals surface area contributed by atoms with Crippen molar-refractivity contribution in [3.63, 3.8) is 0 Å². The van der Waals surface area contributed by atoms with Gasteiger partial charge >= 0.3 is 6.16 Å². The molecule has 3 aliphatic rings. The molecule has 14 heteroatoms. The fourth-order valence-corrected chi connectivity index (χ4v) is 9.47. The van der Waals surface area contributed by atoms with E-state index >= 15 is 9.59 Å². The molecule has 1 heterocycles. The standard InChI is InChI=1S/C40H59N3O10Si/c1-15-16-19-49-35-28-32(52-41-35)30(43(10)11)24-21-39(22-48-12)20-23-25(42(8)9)17-18-26(50-36(47)51-37(2,3)4)27(23)31(44)29(39)34(46)40(24,33(28)45)53-54(13,14)38(5,6)7/h17-18,24,30,44H,15-16,19-22H2,1-14H3/t24-,30-,39-,40+/m0/s1. The molecule has 5 rings (SSSR count). The number of fused-ring (bicyclic) bond motifs is 4. The highest BCUT2D eigenvalue weighted by Gasteiger charge is 2.71. The van der Waals surface area contributed by atoms with E-state index in [1.54, 1.807) is 40.0 Å². The predicted octanol–water partition coefficient (Wildman–Crippen LogP) is 7.54. The van der Waals surface area contributed by atoms with E-state index in [2.05, 4.69) is 5.16 Å². The van der Waals surface area contributed by atoms with Gasteiger partial charge in [-0.15, -0.1) is 0 Å². The first-order valence-electron chi connectivity index (χ1n) is 18.7. The normalized spacial score (nSPS) is 24.1. The van der Waals surface area contributed by atoms with E-state index in [1.165, 1.54) is 0 Å². The van der Waals surface area contributed by atoms with Gasteiger partial charge in [-0.3, -0.25) is 14.5 Å². The van der Waals surface area contributed by atoms with Gasteiger partial charge in [0.25, 0.3) is 5.88 Å². The number of carbonyl (C=O) groups is 3. The molecule has 0 spiro atoms. The van der Waals surface area contributed by atoms with Crippen molar-refractivity contribution in [2.75, 3.05) is 53.4 Å². The lowest BCUT2D eigenvalue weighted by Gasteiger charge is -2.58. The fraction of sp³-hybridized carbons (Fsp3) is 0.650. The van der Waals surface area contributed by atoms with Crippen LogP contribution in [0, 0.1) is 11.3 Å². The first-order valence-corrected chi connectivity index (χ1v) is 21.6. The van der Waals surface area contributed by atoms with Crippen molar-refractivity contribution in [1.82, 2.24) is 10.1 Å². The number of rotatable bonds is 11. The highest BCUT2D eigenvalue weighted by atomic mass is 28.4. The summed E-state index contributed by atoms with van der Waals surface area (Å²) in [6.07, 6.45) is 1.04. The molecule has 0 radical (unpaired) electrons. The van der Waals surface area contributed by atoms with Crippen molar-refractivity contribution in [1.29, 1.82) is 0 Å². The van der Waals surface area contributed by atoms with Crippen LogP contribution in [0.2, 0.25) is 18.1 Å². The molecule has 0 amide bonds. The number of aliphatic hydroxyl groups is 1. The SMILES string of the molecule is CCCCOc1noc2c1C(=O)[C@@]1(O[Si](C)(C)C(C)(C)C)C(=O)C3=C(O)c4c(OC(=O)OC(C)(C)C)ccc(N(C)C)c4C[C@@]3(COC)C[C@H]1[C@@H]2N(C)C. The number of unbranched alkanes of at least 4 members (excludes halogenated alkanes) is 1. The van der Waals surface area contributed by atoms with Crippen LogP contribution in [0.15, 0.2) is 22.2 Å². The van der Waals surface area contributed by atoms with Gasteiger partial charge in [0, 0.05) is 38.2 Å². The first-order chi connectivity index (χ1) is 25.0. The van der Waals surface area contributed by atoms with E-state index < -0.39 is 65.4 Å². The Kier molecular flexibility index (Phi) is 11.1. The predicted molar refractivity (Wildman–Crippen MR) is 207 cm³/mol. The lowest BCUT2D eigenvalue weighted by Crippen LogP contribution is -2.70. The zero-order chi connectivity index (χ0) is 40.3. The molecule has 1 saturated carbocycles. The number of anilines is 1. The summed E-state index contributed by atoms with van der Waals surface area (Å²) in [7, 11) is 6.09. The minimum Gasteiger partial charge on any atom is -0.507 e. The molecule has 2 aromatic rings. The van der Waals surface area contributed by atoms with Crippen molar-refractivity contribution >= 4 is 37.5 Å². The number of Topliss-reactive ketones (excluding diaryl/α,β-unsaturated/α-hetero) is 2.